The Morgan fingerprint density at radius 1 is 1.36 bits per heavy atom. The van der Waals surface area contributed by atoms with E-state index >= 15 is 0 Å². The van der Waals surface area contributed by atoms with Gasteiger partial charge in [-0.1, -0.05) is 0 Å². The van der Waals surface area contributed by atoms with Crippen LogP contribution in [-0.2, 0) is 18.7 Å². The van der Waals surface area contributed by atoms with E-state index in [-0.39, 0.29) is 0 Å². The van der Waals surface area contributed by atoms with Gasteiger partial charge in [-0.3, -0.25) is 4.79 Å². The van der Waals surface area contributed by atoms with Gasteiger partial charge in [0.15, 0.2) is 6.29 Å². The summed E-state index contributed by atoms with van der Waals surface area (Å²) in [5.74, 6) is 1.61. The fourth-order valence-electron chi connectivity index (χ4n) is 3.31. The highest BCUT2D eigenvalue weighted by Gasteiger charge is 2.26. The molecule has 3 N–H and O–H groups in total. The second-order valence-electron chi connectivity index (χ2n) is 8.04. The molecule has 2 aromatic rings. The minimum absolute atomic E-state index is 0.292. The average molecular weight is 404 g/mol. The minimum Gasteiger partial charge on any atom is -0.495 e. The van der Waals surface area contributed by atoms with Crippen LogP contribution >= 0.6 is 11.8 Å². The Kier molecular flexibility index (Phi) is 7.23. The molecule has 154 valence electrons. The zero-order valence-corrected chi connectivity index (χ0v) is 18.9. The Hall–Kier alpha value is -1.92. The van der Waals surface area contributed by atoms with Gasteiger partial charge in [-0.15, -0.1) is 0 Å². The van der Waals surface area contributed by atoms with Crippen molar-refractivity contribution in [2.45, 2.75) is 52.0 Å². The molecule has 0 aliphatic carbocycles. The topological polar surface area (TPSA) is 69.3 Å². The van der Waals surface area contributed by atoms with Crippen LogP contribution in [0, 0.1) is 6.92 Å². The summed E-state index contributed by atoms with van der Waals surface area (Å²) in [5.41, 5.74) is 13.6. The lowest BCUT2D eigenvalue weighted by Crippen LogP contribution is -2.31. The molecule has 0 saturated heterocycles. The standard InChI is InChI=1S/C17H20N2O2S.C5H13N/c1-10-13(9-22-3)17-12-7-14(18)16(21-2)6-11(12)4-5-19(17)15(10)8-20;1-5(2,3)6-4/h6-8H,4-5,9,18H2,1-3H3;6H,1-4H3. The molecule has 28 heavy (non-hydrogen) atoms. The third kappa shape index (κ3) is 4.55. The summed E-state index contributed by atoms with van der Waals surface area (Å²) in [5, 5.41) is 3.10. The number of aryl methyl sites for hydroxylation is 1. The minimum atomic E-state index is 0.292. The van der Waals surface area contributed by atoms with E-state index < -0.39 is 0 Å². The normalized spacial score (nSPS) is 12.5. The second-order valence-corrected chi connectivity index (χ2v) is 8.91. The summed E-state index contributed by atoms with van der Waals surface area (Å²) >= 11 is 1.77. The van der Waals surface area contributed by atoms with Crippen molar-refractivity contribution in [3.05, 3.63) is 34.5 Å². The van der Waals surface area contributed by atoms with Gasteiger partial charge in [0.05, 0.1) is 24.2 Å². The molecule has 2 heterocycles. The van der Waals surface area contributed by atoms with Gasteiger partial charge in [-0.05, 0) is 76.2 Å². The van der Waals surface area contributed by atoms with E-state index in [4.69, 9.17) is 10.5 Å². The number of fused-ring (bicyclic) bond motifs is 3. The van der Waals surface area contributed by atoms with Gasteiger partial charge in [0.25, 0.3) is 0 Å². The molecule has 1 aliphatic heterocycles. The predicted octanol–water partition coefficient (Wildman–Crippen LogP) is 4.29. The van der Waals surface area contributed by atoms with Crippen LogP contribution in [0.15, 0.2) is 12.1 Å². The van der Waals surface area contributed by atoms with Crippen LogP contribution in [0.4, 0.5) is 5.69 Å². The first-order valence-electron chi connectivity index (χ1n) is 9.50. The highest BCUT2D eigenvalue weighted by Crippen LogP contribution is 2.41. The Labute approximate surface area is 173 Å². The van der Waals surface area contributed by atoms with E-state index in [1.54, 1.807) is 18.9 Å². The first-order chi connectivity index (χ1) is 13.2. The van der Waals surface area contributed by atoms with Crippen LogP contribution in [0.1, 0.15) is 48.0 Å². The zero-order chi connectivity index (χ0) is 21.1. The molecule has 0 amide bonds. The van der Waals surface area contributed by atoms with Crippen molar-refractivity contribution in [3.8, 4) is 17.0 Å². The molecule has 0 saturated carbocycles. The second kappa shape index (κ2) is 9.05. The number of carbonyl (C=O) groups excluding carboxylic acids is 1. The monoisotopic (exact) mass is 403 g/mol. The first-order valence-corrected chi connectivity index (χ1v) is 10.9. The van der Waals surface area contributed by atoms with E-state index in [0.29, 0.717) is 11.2 Å². The molecule has 3 rings (SSSR count). The number of hydrogen-bond acceptors (Lipinski definition) is 5. The highest BCUT2D eigenvalue weighted by molar-refractivity contribution is 7.97. The summed E-state index contributed by atoms with van der Waals surface area (Å²) in [7, 11) is 3.59. The summed E-state index contributed by atoms with van der Waals surface area (Å²) in [6.45, 7) is 9.25. The van der Waals surface area contributed by atoms with E-state index in [1.807, 2.05) is 26.1 Å². The van der Waals surface area contributed by atoms with E-state index in [2.05, 4.69) is 36.9 Å². The Morgan fingerprint density at radius 2 is 2.00 bits per heavy atom. The molecule has 1 aromatic carbocycles. The maximum absolute atomic E-state index is 11.5. The number of hydrogen-bond donors (Lipinski definition) is 2. The number of aromatic nitrogens is 1. The largest absolute Gasteiger partial charge is 0.495 e. The van der Waals surface area contributed by atoms with Crippen molar-refractivity contribution in [2.75, 3.05) is 26.1 Å². The Bertz CT molecular complexity index is 851. The first kappa shape index (κ1) is 22.4. The summed E-state index contributed by atoms with van der Waals surface area (Å²) in [6, 6.07) is 4.01. The molecular formula is C22H33N3O2S. The van der Waals surface area contributed by atoms with Crippen molar-refractivity contribution in [3.63, 3.8) is 0 Å². The van der Waals surface area contributed by atoms with E-state index in [1.165, 1.54) is 11.1 Å². The maximum Gasteiger partial charge on any atom is 0.166 e. The van der Waals surface area contributed by atoms with Crippen LogP contribution in [-0.4, -0.2) is 36.8 Å². The van der Waals surface area contributed by atoms with E-state index in [9.17, 15) is 4.79 Å². The molecule has 0 atom stereocenters. The summed E-state index contributed by atoms with van der Waals surface area (Å²) in [4.78, 5) is 11.5. The van der Waals surface area contributed by atoms with Crippen molar-refractivity contribution in [1.82, 2.24) is 9.88 Å². The molecule has 0 spiro atoms. The number of rotatable bonds is 4. The molecule has 6 heteroatoms. The number of benzene rings is 1. The average Bonchev–Trinajstić information content (AvgIpc) is 2.93. The van der Waals surface area contributed by atoms with E-state index in [0.717, 1.165) is 53.3 Å². The van der Waals surface area contributed by atoms with Gasteiger partial charge < -0.3 is 20.4 Å². The Morgan fingerprint density at radius 3 is 2.50 bits per heavy atom. The molecule has 0 fully saturated rings. The van der Waals surface area contributed by atoms with Gasteiger partial charge in [0.1, 0.15) is 5.75 Å². The SMILES string of the molecule is CNC(C)(C)C.COc1cc2c(cc1N)-c1c(CSC)c(C)c(C=O)n1CC2. The lowest BCUT2D eigenvalue weighted by atomic mass is 9.95. The number of thioether (sulfide) groups is 1. The fraction of sp³-hybridized carbons (Fsp3) is 0.500. The van der Waals surface area contributed by atoms with Crippen LogP contribution < -0.4 is 15.8 Å². The van der Waals surface area contributed by atoms with Gasteiger partial charge in [-0.25, -0.2) is 0 Å². The van der Waals surface area contributed by atoms with Gasteiger partial charge >= 0.3 is 0 Å². The molecule has 1 aliphatic rings. The number of ether oxygens (including phenoxy) is 1. The molecule has 0 unspecified atom stereocenters. The number of aldehydes is 1. The lowest BCUT2D eigenvalue weighted by molar-refractivity contribution is 0.111. The molecule has 1 aromatic heterocycles. The van der Waals surface area contributed by atoms with Gasteiger partial charge in [0, 0.05) is 23.4 Å². The third-order valence-corrected chi connectivity index (χ3v) is 5.73. The number of nitrogens with zero attached hydrogens (tertiary/aromatic N) is 1. The number of carbonyl (C=O) groups is 1. The number of nitrogen functional groups attached to an aromatic ring is 1. The van der Waals surface area contributed by atoms with Crippen molar-refractivity contribution in [1.29, 1.82) is 0 Å². The van der Waals surface area contributed by atoms with Gasteiger partial charge in [0.2, 0.25) is 0 Å². The number of methoxy groups -OCH3 is 1. The highest BCUT2D eigenvalue weighted by atomic mass is 32.2. The zero-order valence-electron chi connectivity index (χ0n) is 18.1. The van der Waals surface area contributed by atoms with Crippen molar-refractivity contribution in [2.24, 2.45) is 0 Å². The number of anilines is 1. The quantitative estimate of drug-likeness (QED) is 0.589. The number of nitrogens with one attached hydrogen (secondary N) is 1. The smallest absolute Gasteiger partial charge is 0.166 e. The van der Waals surface area contributed by atoms with Crippen LogP contribution in [0.2, 0.25) is 0 Å². The van der Waals surface area contributed by atoms with Gasteiger partial charge in [-0.2, -0.15) is 11.8 Å². The predicted molar refractivity (Wildman–Crippen MR) is 121 cm³/mol. The van der Waals surface area contributed by atoms with Crippen LogP contribution in [0.5, 0.6) is 5.75 Å². The Balaban J connectivity index is 0.000000409. The third-order valence-electron chi connectivity index (χ3n) is 5.15. The molecule has 0 bridgehead atoms. The fourth-order valence-corrected chi connectivity index (χ4v) is 3.95. The molecule has 5 nitrogen and oxygen atoms in total. The summed E-state index contributed by atoms with van der Waals surface area (Å²) in [6.07, 6.45) is 3.93. The summed E-state index contributed by atoms with van der Waals surface area (Å²) < 4.78 is 7.48. The van der Waals surface area contributed by atoms with Crippen molar-refractivity contribution >= 4 is 23.7 Å². The number of nitrogens with two attached hydrogens (primary N) is 1. The van der Waals surface area contributed by atoms with Crippen LogP contribution in [0.25, 0.3) is 11.3 Å². The van der Waals surface area contributed by atoms with Crippen molar-refractivity contribution < 1.29 is 9.53 Å². The molecular weight excluding hydrogens is 370 g/mol. The maximum atomic E-state index is 11.5. The molecule has 0 radical (unpaired) electrons. The lowest BCUT2D eigenvalue weighted by Gasteiger charge is -2.23. The van der Waals surface area contributed by atoms with Crippen LogP contribution in [0.3, 0.4) is 0 Å².